The van der Waals surface area contributed by atoms with E-state index < -0.39 is 0 Å². The molecule has 1 aliphatic carbocycles. The van der Waals surface area contributed by atoms with Crippen molar-refractivity contribution in [2.75, 3.05) is 11.4 Å². The van der Waals surface area contributed by atoms with Gasteiger partial charge in [0.15, 0.2) is 5.84 Å². The quantitative estimate of drug-likeness (QED) is 0.385. The summed E-state index contributed by atoms with van der Waals surface area (Å²) >= 11 is 0. The van der Waals surface area contributed by atoms with E-state index in [9.17, 15) is 0 Å². The number of nitrogens with zero attached hydrogens (tertiary/aromatic N) is 2. The number of hydrogen-bond donors (Lipinski definition) is 2. The summed E-state index contributed by atoms with van der Waals surface area (Å²) in [6.07, 6.45) is 4.01. The molecule has 2 fully saturated rings. The maximum Gasteiger partial charge on any atom is 0.170 e. The zero-order valence-electron chi connectivity index (χ0n) is 11.9. The first kappa shape index (κ1) is 12.5. The number of rotatable bonds is 2. The summed E-state index contributed by atoms with van der Waals surface area (Å²) in [5, 5.41) is 14.4. The van der Waals surface area contributed by atoms with Crippen LogP contribution in [0, 0.1) is 5.92 Å². The Morgan fingerprint density at radius 1 is 1.14 bits per heavy atom. The summed E-state index contributed by atoms with van der Waals surface area (Å²) in [5.74, 6) is 1.03. The number of benzene rings is 2. The number of hydrogen-bond acceptors (Lipinski definition) is 3. The van der Waals surface area contributed by atoms with E-state index in [1.807, 2.05) is 18.2 Å². The van der Waals surface area contributed by atoms with Crippen molar-refractivity contribution in [3.63, 3.8) is 0 Å². The molecule has 2 aliphatic rings. The zero-order valence-corrected chi connectivity index (χ0v) is 11.9. The average molecular weight is 281 g/mol. The first-order valence-electron chi connectivity index (χ1n) is 7.54. The first-order valence-corrected chi connectivity index (χ1v) is 7.54. The Bertz CT molecular complexity index is 725. The number of fused-ring (bicyclic) bond motifs is 3. The minimum atomic E-state index is 0.167. The lowest BCUT2D eigenvalue weighted by molar-refractivity contribution is 0.318. The second kappa shape index (κ2) is 4.65. The molecule has 1 saturated heterocycles. The highest BCUT2D eigenvalue weighted by Crippen LogP contribution is 2.42. The van der Waals surface area contributed by atoms with Gasteiger partial charge in [-0.1, -0.05) is 29.4 Å². The number of nitrogens with two attached hydrogens (primary N) is 1. The van der Waals surface area contributed by atoms with Crippen LogP contribution < -0.4 is 10.6 Å². The predicted octanol–water partition coefficient (Wildman–Crippen LogP) is 2.92. The molecule has 1 heterocycles. The molecule has 108 valence electrons. The highest BCUT2D eigenvalue weighted by molar-refractivity contribution is 6.11. The lowest BCUT2D eigenvalue weighted by Crippen LogP contribution is -2.32. The molecule has 2 bridgehead atoms. The summed E-state index contributed by atoms with van der Waals surface area (Å²) in [6, 6.07) is 13.0. The van der Waals surface area contributed by atoms with Gasteiger partial charge in [0.25, 0.3) is 0 Å². The molecule has 2 atom stereocenters. The standard InChI is InChI=1S/C17H19N3O/c18-17(19-21)15-7-8-16(14-4-2-1-3-13(14)15)20-10-11-5-6-12(20)9-11/h1-4,7-8,11-12,21H,5-6,9-10H2,(H2,18,19). The molecule has 0 radical (unpaired) electrons. The Morgan fingerprint density at radius 3 is 2.62 bits per heavy atom. The molecule has 4 nitrogen and oxygen atoms in total. The number of oxime groups is 1. The highest BCUT2D eigenvalue weighted by Gasteiger charge is 2.38. The van der Waals surface area contributed by atoms with Gasteiger partial charge in [0, 0.05) is 29.2 Å². The van der Waals surface area contributed by atoms with Crippen molar-refractivity contribution in [1.82, 2.24) is 0 Å². The van der Waals surface area contributed by atoms with Crippen LogP contribution in [0.2, 0.25) is 0 Å². The van der Waals surface area contributed by atoms with Crippen molar-refractivity contribution >= 4 is 22.3 Å². The van der Waals surface area contributed by atoms with Crippen molar-refractivity contribution in [3.8, 4) is 0 Å². The lowest BCUT2D eigenvalue weighted by Gasteiger charge is -2.30. The van der Waals surface area contributed by atoms with Gasteiger partial charge in [-0.2, -0.15) is 0 Å². The molecule has 1 aliphatic heterocycles. The summed E-state index contributed by atoms with van der Waals surface area (Å²) in [6.45, 7) is 1.16. The first-order chi connectivity index (χ1) is 10.3. The second-order valence-corrected chi connectivity index (χ2v) is 6.15. The molecule has 2 aromatic carbocycles. The Labute approximate surface area is 123 Å². The van der Waals surface area contributed by atoms with E-state index in [1.165, 1.54) is 30.3 Å². The predicted molar refractivity (Wildman–Crippen MR) is 84.9 cm³/mol. The van der Waals surface area contributed by atoms with E-state index in [1.54, 1.807) is 0 Å². The SMILES string of the molecule is N/C(=N/O)c1ccc(N2CC3CCC2C3)c2ccccc12. The molecule has 2 aromatic rings. The van der Waals surface area contributed by atoms with Crippen LogP contribution in [-0.2, 0) is 0 Å². The Kier molecular flexibility index (Phi) is 2.77. The fourth-order valence-corrected chi connectivity index (χ4v) is 4.03. The van der Waals surface area contributed by atoms with Crippen LogP contribution in [0.25, 0.3) is 10.8 Å². The molecule has 3 N–H and O–H groups in total. The summed E-state index contributed by atoms with van der Waals surface area (Å²) < 4.78 is 0. The van der Waals surface area contributed by atoms with Gasteiger partial charge in [0.1, 0.15) is 0 Å². The van der Waals surface area contributed by atoms with Crippen molar-refractivity contribution < 1.29 is 5.21 Å². The van der Waals surface area contributed by atoms with Gasteiger partial charge >= 0.3 is 0 Å². The maximum atomic E-state index is 8.97. The minimum Gasteiger partial charge on any atom is -0.409 e. The molecule has 0 spiro atoms. The van der Waals surface area contributed by atoms with Gasteiger partial charge in [-0.3, -0.25) is 0 Å². The Hall–Kier alpha value is -2.23. The lowest BCUT2D eigenvalue weighted by atomic mass is 10.00. The Balaban J connectivity index is 1.88. The van der Waals surface area contributed by atoms with E-state index in [0.717, 1.165) is 23.4 Å². The van der Waals surface area contributed by atoms with E-state index in [0.29, 0.717) is 6.04 Å². The van der Waals surface area contributed by atoms with E-state index >= 15 is 0 Å². The molecule has 2 unspecified atom stereocenters. The number of piperidine rings is 1. The van der Waals surface area contributed by atoms with Crippen LogP contribution >= 0.6 is 0 Å². The molecule has 4 heteroatoms. The topological polar surface area (TPSA) is 61.9 Å². The van der Waals surface area contributed by atoms with E-state index in [-0.39, 0.29) is 5.84 Å². The maximum absolute atomic E-state index is 8.97. The number of amidine groups is 1. The van der Waals surface area contributed by atoms with Crippen LogP contribution in [0.15, 0.2) is 41.6 Å². The molecular formula is C17H19N3O. The van der Waals surface area contributed by atoms with Crippen LogP contribution in [0.3, 0.4) is 0 Å². The monoisotopic (exact) mass is 281 g/mol. The smallest absolute Gasteiger partial charge is 0.170 e. The Morgan fingerprint density at radius 2 is 1.95 bits per heavy atom. The highest BCUT2D eigenvalue weighted by atomic mass is 16.4. The van der Waals surface area contributed by atoms with Crippen molar-refractivity contribution in [2.45, 2.75) is 25.3 Å². The zero-order chi connectivity index (χ0) is 14.4. The third kappa shape index (κ3) is 1.86. The average Bonchev–Trinajstić information content (AvgIpc) is 3.16. The molecule has 0 aromatic heterocycles. The summed E-state index contributed by atoms with van der Waals surface area (Å²) in [4.78, 5) is 2.55. The van der Waals surface area contributed by atoms with Gasteiger partial charge < -0.3 is 15.8 Å². The summed E-state index contributed by atoms with van der Waals surface area (Å²) in [7, 11) is 0. The van der Waals surface area contributed by atoms with Crippen LogP contribution in [0.5, 0.6) is 0 Å². The third-order valence-corrected chi connectivity index (χ3v) is 5.00. The fraction of sp³-hybridized carbons (Fsp3) is 0.353. The largest absolute Gasteiger partial charge is 0.409 e. The van der Waals surface area contributed by atoms with Gasteiger partial charge in [0.2, 0.25) is 0 Å². The van der Waals surface area contributed by atoms with Crippen LogP contribution in [0.1, 0.15) is 24.8 Å². The minimum absolute atomic E-state index is 0.167. The molecule has 4 rings (SSSR count). The molecule has 21 heavy (non-hydrogen) atoms. The van der Waals surface area contributed by atoms with Crippen molar-refractivity contribution in [1.29, 1.82) is 0 Å². The molecule has 1 saturated carbocycles. The van der Waals surface area contributed by atoms with Crippen LogP contribution in [-0.4, -0.2) is 23.6 Å². The molecule has 0 amide bonds. The third-order valence-electron chi connectivity index (χ3n) is 5.00. The summed E-state index contributed by atoms with van der Waals surface area (Å²) in [5.41, 5.74) is 7.89. The van der Waals surface area contributed by atoms with Gasteiger partial charge in [0.05, 0.1) is 0 Å². The van der Waals surface area contributed by atoms with Crippen molar-refractivity contribution in [3.05, 3.63) is 42.0 Å². The van der Waals surface area contributed by atoms with Crippen LogP contribution in [0.4, 0.5) is 5.69 Å². The van der Waals surface area contributed by atoms with Gasteiger partial charge in [-0.25, -0.2) is 0 Å². The van der Waals surface area contributed by atoms with Gasteiger partial charge in [-0.05, 0) is 42.7 Å². The normalized spacial score (nSPS) is 25.0. The fourth-order valence-electron chi connectivity index (χ4n) is 4.03. The van der Waals surface area contributed by atoms with Gasteiger partial charge in [-0.15, -0.1) is 0 Å². The molecular weight excluding hydrogens is 262 g/mol. The second-order valence-electron chi connectivity index (χ2n) is 6.15. The number of anilines is 1. The van der Waals surface area contributed by atoms with Crippen molar-refractivity contribution in [2.24, 2.45) is 16.8 Å². The van der Waals surface area contributed by atoms with E-state index in [4.69, 9.17) is 10.9 Å². The van der Waals surface area contributed by atoms with E-state index in [2.05, 4.69) is 28.3 Å².